The Labute approximate surface area is 138 Å². The second kappa shape index (κ2) is 8.46. The first-order valence-electron chi connectivity index (χ1n) is 7.94. The Kier molecular flexibility index (Phi) is 6.61. The summed E-state index contributed by atoms with van der Waals surface area (Å²) in [5.41, 5.74) is 1.18. The van der Waals surface area contributed by atoms with Crippen molar-refractivity contribution in [2.45, 2.75) is 25.3 Å². The normalized spacial score (nSPS) is 22.5. The fourth-order valence-electron chi connectivity index (χ4n) is 3.03. The summed E-state index contributed by atoms with van der Waals surface area (Å²) in [7, 11) is 0. The maximum Gasteiger partial charge on any atom is 0.234 e. The summed E-state index contributed by atoms with van der Waals surface area (Å²) in [6.07, 6.45) is 7.55. The van der Waals surface area contributed by atoms with Crippen LogP contribution in [0, 0.1) is 5.92 Å². The van der Waals surface area contributed by atoms with Crippen molar-refractivity contribution >= 4 is 18.3 Å². The summed E-state index contributed by atoms with van der Waals surface area (Å²) in [5.74, 6) is 0.865. The first-order valence-corrected chi connectivity index (χ1v) is 7.94. The molecule has 0 radical (unpaired) electrons. The lowest BCUT2D eigenvalue weighted by Crippen LogP contribution is -2.50. The maximum atomic E-state index is 12.1. The van der Waals surface area contributed by atoms with Crippen molar-refractivity contribution in [3.8, 4) is 0 Å². The topological polar surface area (TPSA) is 57.3 Å². The fourth-order valence-corrected chi connectivity index (χ4v) is 3.03. The number of piperazine rings is 1. The van der Waals surface area contributed by atoms with Gasteiger partial charge < -0.3 is 10.6 Å². The molecule has 1 aliphatic heterocycles. The van der Waals surface area contributed by atoms with Gasteiger partial charge in [0.2, 0.25) is 5.91 Å². The van der Waals surface area contributed by atoms with E-state index in [4.69, 9.17) is 0 Å². The third kappa shape index (κ3) is 4.41. The Bertz CT molecular complexity index is 466. The number of pyridine rings is 1. The van der Waals surface area contributed by atoms with E-state index in [9.17, 15) is 4.79 Å². The molecule has 2 heterocycles. The number of nitrogens with zero attached hydrogens (tertiary/aromatic N) is 2. The molecule has 1 aliphatic carbocycles. The van der Waals surface area contributed by atoms with Crippen molar-refractivity contribution in [3.63, 3.8) is 0 Å². The van der Waals surface area contributed by atoms with Gasteiger partial charge in [-0.25, -0.2) is 0 Å². The van der Waals surface area contributed by atoms with E-state index < -0.39 is 0 Å². The number of halogens is 1. The van der Waals surface area contributed by atoms with E-state index in [1.807, 2.05) is 12.3 Å². The molecular weight excluding hydrogens is 300 g/mol. The van der Waals surface area contributed by atoms with Crippen LogP contribution in [-0.4, -0.2) is 48.5 Å². The van der Waals surface area contributed by atoms with Crippen LogP contribution in [0.3, 0.4) is 0 Å². The molecule has 2 aliphatic rings. The predicted octanol–water partition coefficient (Wildman–Crippen LogP) is 1.37. The molecule has 0 aromatic carbocycles. The van der Waals surface area contributed by atoms with Crippen LogP contribution in [0.1, 0.15) is 30.9 Å². The largest absolute Gasteiger partial charge is 0.355 e. The zero-order valence-electron chi connectivity index (χ0n) is 12.8. The highest BCUT2D eigenvalue weighted by molar-refractivity contribution is 5.85. The van der Waals surface area contributed by atoms with Gasteiger partial charge in [-0.1, -0.05) is 12.5 Å². The molecular formula is C16H25ClN4O. The number of rotatable bonds is 5. The molecule has 1 saturated heterocycles. The first kappa shape index (κ1) is 17.2. The van der Waals surface area contributed by atoms with Crippen molar-refractivity contribution in [1.82, 2.24) is 20.5 Å². The number of amides is 1. The van der Waals surface area contributed by atoms with Crippen LogP contribution in [0.25, 0.3) is 0 Å². The smallest absolute Gasteiger partial charge is 0.234 e. The molecule has 1 aromatic heterocycles. The van der Waals surface area contributed by atoms with Gasteiger partial charge in [0.05, 0.1) is 6.54 Å². The van der Waals surface area contributed by atoms with Crippen LogP contribution in [-0.2, 0) is 4.79 Å². The summed E-state index contributed by atoms with van der Waals surface area (Å²) in [6, 6.07) is 4.28. The molecule has 1 saturated carbocycles. The van der Waals surface area contributed by atoms with Crippen molar-refractivity contribution in [1.29, 1.82) is 0 Å². The minimum Gasteiger partial charge on any atom is -0.355 e. The lowest BCUT2D eigenvalue weighted by atomic mass is 9.85. The molecule has 0 spiro atoms. The van der Waals surface area contributed by atoms with E-state index in [-0.39, 0.29) is 24.4 Å². The van der Waals surface area contributed by atoms with E-state index in [1.54, 1.807) is 6.20 Å². The SMILES string of the molecule is Cl.O=C(CN1CCNCC1c1cccnc1)NCC1CCC1. The number of hydrogen-bond acceptors (Lipinski definition) is 4. The second-order valence-electron chi connectivity index (χ2n) is 6.08. The number of carbonyl (C=O) groups is 1. The summed E-state index contributed by atoms with van der Waals surface area (Å²) < 4.78 is 0. The molecule has 2 fully saturated rings. The van der Waals surface area contributed by atoms with Crippen molar-refractivity contribution in [2.24, 2.45) is 5.92 Å². The van der Waals surface area contributed by atoms with Gasteiger partial charge in [0, 0.05) is 44.6 Å². The van der Waals surface area contributed by atoms with E-state index in [0.717, 1.165) is 26.2 Å². The van der Waals surface area contributed by atoms with E-state index in [1.165, 1.54) is 24.8 Å². The minimum absolute atomic E-state index is 0. The Morgan fingerprint density at radius 2 is 2.32 bits per heavy atom. The van der Waals surface area contributed by atoms with Crippen molar-refractivity contribution < 1.29 is 4.79 Å². The molecule has 0 bridgehead atoms. The van der Waals surface area contributed by atoms with Crippen LogP contribution in [0.4, 0.5) is 0 Å². The van der Waals surface area contributed by atoms with Crippen LogP contribution < -0.4 is 10.6 Å². The Balaban J connectivity index is 0.00000176. The Morgan fingerprint density at radius 1 is 1.45 bits per heavy atom. The fraction of sp³-hybridized carbons (Fsp3) is 0.625. The minimum atomic E-state index is 0. The van der Waals surface area contributed by atoms with Gasteiger partial charge in [0.1, 0.15) is 0 Å². The summed E-state index contributed by atoms with van der Waals surface area (Å²) in [6.45, 7) is 4.04. The highest BCUT2D eigenvalue weighted by Gasteiger charge is 2.26. The van der Waals surface area contributed by atoms with Crippen LogP contribution in [0.15, 0.2) is 24.5 Å². The van der Waals surface area contributed by atoms with Crippen molar-refractivity contribution in [3.05, 3.63) is 30.1 Å². The van der Waals surface area contributed by atoms with E-state index >= 15 is 0 Å². The molecule has 5 nitrogen and oxygen atoms in total. The number of aromatic nitrogens is 1. The van der Waals surface area contributed by atoms with Gasteiger partial charge in [-0.15, -0.1) is 12.4 Å². The van der Waals surface area contributed by atoms with Gasteiger partial charge in [0.15, 0.2) is 0 Å². The molecule has 122 valence electrons. The number of carbonyl (C=O) groups excluding carboxylic acids is 1. The summed E-state index contributed by atoms with van der Waals surface area (Å²) >= 11 is 0. The molecule has 2 N–H and O–H groups in total. The number of hydrogen-bond donors (Lipinski definition) is 2. The van der Waals surface area contributed by atoms with Crippen LogP contribution in [0.2, 0.25) is 0 Å². The average Bonchev–Trinajstić information content (AvgIpc) is 2.47. The molecule has 1 atom stereocenters. The Hall–Kier alpha value is -1.17. The molecule has 22 heavy (non-hydrogen) atoms. The first-order chi connectivity index (χ1) is 10.3. The summed E-state index contributed by atoms with van der Waals surface area (Å²) in [4.78, 5) is 18.6. The second-order valence-corrected chi connectivity index (χ2v) is 6.08. The zero-order valence-corrected chi connectivity index (χ0v) is 13.6. The highest BCUT2D eigenvalue weighted by Crippen LogP contribution is 2.25. The monoisotopic (exact) mass is 324 g/mol. The average molecular weight is 325 g/mol. The third-order valence-corrected chi connectivity index (χ3v) is 4.58. The third-order valence-electron chi connectivity index (χ3n) is 4.58. The molecule has 1 unspecified atom stereocenters. The Morgan fingerprint density at radius 3 is 3.00 bits per heavy atom. The summed E-state index contributed by atoms with van der Waals surface area (Å²) in [5, 5.41) is 6.49. The van der Waals surface area contributed by atoms with Crippen LogP contribution in [0.5, 0.6) is 0 Å². The van der Waals surface area contributed by atoms with E-state index in [2.05, 4.69) is 26.6 Å². The zero-order chi connectivity index (χ0) is 14.5. The highest BCUT2D eigenvalue weighted by atomic mass is 35.5. The van der Waals surface area contributed by atoms with Gasteiger partial charge >= 0.3 is 0 Å². The maximum absolute atomic E-state index is 12.1. The molecule has 1 amide bonds. The quantitative estimate of drug-likeness (QED) is 0.859. The van der Waals surface area contributed by atoms with Gasteiger partial charge in [0.25, 0.3) is 0 Å². The predicted molar refractivity (Wildman–Crippen MR) is 89.0 cm³/mol. The van der Waals surface area contributed by atoms with Crippen LogP contribution >= 0.6 is 12.4 Å². The molecule has 6 heteroatoms. The molecule has 3 rings (SSSR count). The van der Waals surface area contributed by atoms with Gasteiger partial charge in [-0.2, -0.15) is 0 Å². The standard InChI is InChI=1S/C16H24N4O.ClH/c21-16(19-9-13-3-1-4-13)12-20-8-7-18-11-15(20)14-5-2-6-17-10-14;/h2,5-6,10,13,15,18H,1,3-4,7-9,11-12H2,(H,19,21);1H. The van der Waals surface area contributed by atoms with Gasteiger partial charge in [-0.05, 0) is 30.4 Å². The van der Waals surface area contributed by atoms with E-state index in [0.29, 0.717) is 12.5 Å². The molecule has 1 aromatic rings. The van der Waals surface area contributed by atoms with Gasteiger partial charge in [-0.3, -0.25) is 14.7 Å². The lowest BCUT2D eigenvalue weighted by molar-refractivity contribution is -0.123. The number of nitrogens with one attached hydrogen (secondary N) is 2. The van der Waals surface area contributed by atoms with Crippen molar-refractivity contribution in [2.75, 3.05) is 32.7 Å². The lowest BCUT2D eigenvalue weighted by Gasteiger charge is -2.36.